The van der Waals surface area contributed by atoms with Crippen LogP contribution in [0.4, 0.5) is 5.69 Å². The van der Waals surface area contributed by atoms with E-state index < -0.39 is 0 Å². The summed E-state index contributed by atoms with van der Waals surface area (Å²) in [4.78, 5) is 12.0. The molecule has 1 fully saturated rings. The van der Waals surface area contributed by atoms with E-state index in [0.29, 0.717) is 23.8 Å². The lowest BCUT2D eigenvalue weighted by Crippen LogP contribution is -2.37. The van der Waals surface area contributed by atoms with Crippen molar-refractivity contribution in [3.8, 4) is 0 Å². The fraction of sp³-hybridized carbons (Fsp3) is 0.462. The van der Waals surface area contributed by atoms with Crippen molar-refractivity contribution in [2.75, 3.05) is 18.8 Å². The van der Waals surface area contributed by atoms with Gasteiger partial charge < -0.3 is 16.4 Å². The molecule has 1 amide bonds. The van der Waals surface area contributed by atoms with Gasteiger partial charge in [-0.15, -0.1) is 0 Å². The summed E-state index contributed by atoms with van der Waals surface area (Å²) in [5, 5.41) is 6.30. The maximum atomic E-state index is 12.0. The van der Waals surface area contributed by atoms with E-state index in [-0.39, 0.29) is 5.91 Å². The molecule has 0 bridgehead atoms. The number of rotatable bonds is 3. The molecule has 4 heteroatoms. The standard InChI is InChI=1S/C13H19N3O/c1-9-4-5-10(14)7-12(9)13(17)16-8-11-3-2-6-15-11/h4-5,7,11,15H,2-3,6,8,14H2,1H3,(H,16,17). The van der Waals surface area contributed by atoms with Crippen LogP contribution in [-0.4, -0.2) is 25.0 Å². The van der Waals surface area contributed by atoms with Crippen molar-refractivity contribution in [2.24, 2.45) is 0 Å². The molecule has 4 nitrogen and oxygen atoms in total. The lowest BCUT2D eigenvalue weighted by atomic mass is 10.1. The quantitative estimate of drug-likeness (QED) is 0.684. The van der Waals surface area contributed by atoms with E-state index in [9.17, 15) is 4.79 Å². The van der Waals surface area contributed by atoms with E-state index in [1.807, 2.05) is 19.1 Å². The predicted octanol–water partition coefficient (Wildman–Crippen LogP) is 1.06. The second-order valence-electron chi connectivity index (χ2n) is 4.58. The minimum Gasteiger partial charge on any atom is -0.399 e. The third-order valence-electron chi connectivity index (χ3n) is 3.18. The molecule has 0 aliphatic carbocycles. The first kappa shape index (κ1) is 11.9. The Morgan fingerprint density at radius 1 is 1.59 bits per heavy atom. The second-order valence-corrected chi connectivity index (χ2v) is 4.58. The highest BCUT2D eigenvalue weighted by molar-refractivity contribution is 5.96. The summed E-state index contributed by atoms with van der Waals surface area (Å²) in [6.45, 7) is 3.66. The van der Waals surface area contributed by atoms with E-state index in [1.165, 1.54) is 6.42 Å². The first-order valence-electron chi connectivity index (χ1n) is 6.04. The summed E-state index contributed by atoms with van der Waals surface area (Å²) in [6.07, 6.45) is 2.33. The van der Waals surface area contributed by atoms with Gasteiger partial charge in [-0.2, -0.15) is 0 Å². The SMILES string of the molecule is Cc1ccc(N)cc1C(=O)NCC1CCCN1. The molecular formula is C13H19N3O. The number of carbonyl (C=O) groups is 1. The summed E-state index contributed by atoms with van der Waals surface area (Å²) in [5.41, 5.74) is 7.94. The second kappa shape index (κ2) is 5.19. The average molecular weight is 233 g/mol. The number of nitrogens with one attached hydrogen (secondary N) is 2. The maximum Gasteiger partial charge on any atom is 0.251 e. The first-order chi connectivity index (χ1) is 8.16. The summed E-state index contributed by atoms with van der Waals surface area (Å²) in [5.74, 6) is -0.0384. The summed E-state index contributed by atoms with van der Waals surface area (Å²) < 4.78 is 0. The van der Waals surface area contributed by atoms with Gasteiger partial charge in [-0.1, -0.05) is 6.07 Å². The summed E-state index contributed by atoms with van der Waals surface area (Å²) in [7, 11) is 0. The molecule has 2 rings (SSSR count). The van der Waals surface area contributed by atoms with Crippen molar-refractivity contribution in [3.05, 3.63) is 29.3 Å². The largest absolute Gasteiger partial charge is 0.399 e. The van der Waals surface area contributed by atoms with E-state index in [4.69, 9.17) is 5.73 Å². The van der Waals surface area contributed by atoms with Crippen LogP contribution in [0.1, 0.15) is 28.8 Å². The van der Waals surface area contributed by atoms with Crippen molar-refractivity contribution < 1.29 is 4.79 Å². The summed E-state index contributed by atoms with van der Waals surface area (Å²) in [6, 6.07) is 5.83. The summed E-state index contributed by atoms with van der Waals surface area (Å²) >= 11 is 0. The smallest absolute Gasteiger partial charge is 0.251 e. The molecular weight excluding hydrogens is 214 g/mol. The number of benzene rings is 1. The van der Waals surface area contributed by atoms with Gasteiger partial charge in [-0.3, -0.25) is 4.79 Å². The minimum absolute atomic E-state index is 0.0384. The molecule has 1 atom stereocenters. The van der Waals surface area contributed by atoms with Gasteiger partial charge >= 0.3 is 0 Å². The van der Waals surface area contributed by atoms with E-state index >= 15 is 0 Å². The van der Waals surface area contributed by atoms with Crippen LogP contribution in [0.2, 0.25) is 0 Å². The number of aryl methyl sites for hydroxylation is 1. The van der Waals surface area contributed by atoms with Crippen LogP contribution in [-0.2, 0) is 0 Å². The Bertz CT molecular complexity index is 411. The Morgan fingerprint density at radius 2 is 2.41 bits per heavy atom. The molecule has 1 aromatic rings. The lowest BCUT2D eigenvalue weighted by molar-refractivity contribution is 0.0950. The van der Waals surface area contributed by atoms with Crippen LogP contribution in [0.5, 0.6) is 0 Å². The van der Waals surface area contributed by atoms with Crippen LogP contribution < -0.4 is 16.4 Å². The van der Waals surface area contributed by atoms with Gasteiger partial charge in [0.05, 0.1) is 0 Å². The number of anilines is 1. The van der Waals surface area contributed by atoms with Gasteiger partial charge in [0.15, 0.2) is 0 Å². The van der Waals surface area contributed by atoms with Gasteiger partial charge in [0.2, 0.25) is 0 Å². The van der Waals surface area contributed by atoms with Crippen LogP contribution in [0.15, 0.2) is 18.2 Å². The number of carbonyl (C=O) groups excluding carboxylic acids is 1. The molecule has 0 saturated carbocycles. The average Bonchev–Trinajstić information content (AvgIpc) is 2.82. The lowest BCUT2D eigenvalue weighted by Gasteiger charge is -2.12. The molecule has 1 saturated heterocycles. The molecule has 0 radical (unpaired) electrons. The Labute approximate surface area is 102 Å². The Kier molecular flexibility index (Phi) is 3.64. The van der Waals surface area contributed by atoms with Crippen molar-refractivity contribution in [3.63, 3.8) is 0 Å². The molecule has 0 spiro atoms. The number of hydrogen-bond acceptors (Lipinski definition) is 3. The van der Waals surface area contributed by atoms with E-state index in [2.05, 4.69) is 10.6 Å². The van der Waals surface area contributed by atoms with Gasteiger partial charge in [-0.05, 0) is 44.0 Å². The molecule has 1 aromatic carbocycles. The number of hydrogen-bond donors (Lipinski definition) is 3. The molecule has 1 unspecified atom stereocenters. The third kappa shape index (κ3) is 2.97. The topological polar surface area (TPSA) is 67.2 Å². The Balaban J connectivity index is 1.96. The number of amides is 1. The highest BCUT2D eigenvalue weighted by Crippen LogP contribution is 2.12. The molecule has 4 N–H and O–H groups in total. The zero-order valence-electron chi connectivity index (χ0n) is 10.1. The van der Waals surface area contributed by atoms with E-state index in [0.717, 1.165) is 18.5 Å². The molecule has 1 aliphatic rings. The highest BCUT2D eigenvalue weighted by atomic mass is 16.1. The Morgan fingerprint density at radius 3 is 3.12 bits per heavy atom. The minimum atomic E-state index is -0.0384. The first-order valence-corrected chi connectivity index (χ1v) is 6.04. The monoisotopic (exact) mass is 233 g/mol. The maximum absolute atomic E-state index is 12.0. The molecule has 1 heterocycles. The highest BCUT2D eigenvalue weighted by Gasteiger charge is 2.16. The predicted molar refractivity (Wildman–Crippen MR) is 68.9 cm³/mol. The van der Waals surface area contributed by atoms with Crippen molar-refractivity contribution in [2.45, 2.75) is 25.8 Å². The van der Waals surface area contributed by atoms with Crippen molar-refractivity contribution >= 4 is 11.6 Å². The van der Waals surface area contributed by atoms with E-state index in [1.54, 1.807) is 6.07 Å². The zero-order valence-corrected chi connectivity index (χ0v) is 10.1. The fourth-order valence-corrected chi connectivity index (χ4v) is 2.13. The molecule has 0 aromatic heterocycles. The van der Waals surface area contributed by atoms with Crippen LogP contribution in [0, 0.1) is 6.92 Å². The van der Waals surface area contributed by atoms with Gasteiger partial charge in [-0.25, -0.2) is 0 Å². The van der Waals surface area contributed by atoms with Crippen LogP contribution >= 0.6 is 0 Å². The fourth-order valence-electron chi connectivity index (χ4n) is 2.13. The van der Waals surface area contributed by atoms with Crippen LogP contribution in [0.25, 0.3) is 0 Å². The zero-order chi connectivity index (χ0) is 12.3. The van der Waals surface area contributed by atoms with Gasteiger partial charge in [0.25, 0.3) is 5.91 Å². The van der Waals surface area contributed by atoms with Gasteiger partial charge in [0.1, 0.15) is 0 Å². The van der Waals surface area contributed by atoms with Crippen LogP contribution in [0.3, 0.4) is 0 Å². The van der Waals surface area contributed by atoms with Crippen molar-refractivity contribution in [1.29, 1.82) is 0 Å². The third-order valence-corrected chi connectivity index (χ3v) is 3.18. The normalized spacial score (nSPS) is 19.2. The molecule has 92 valence electrons. The molecule has 17 heavy (non-hydrogen) atoms. The number of nitrogen functional groups attached to an aromatic ring is 1. The Hall–Kier alpha value is -1.55. The molecule has 1 aliphatic heterocycles. The van der Waals surface area contributed by atoms with Gasteiger partial charge in [0, 0.05) is 23.8 Å². The van der Waals surface area contributed by atoms with Crippen molar-refractivity contribution in [1.82, 2.24) is 10.6 Å². The number of nitrogens with two attached hydrogens (primary N) is 1.